The Bertz CT molecular complexity index is 3510. The van der Waals surface area contributed by atoms with Gasteiger partial charge in [0.25, 0.3) is 0 Å². The summed E-state index contributed by atoms with van der Waals surface area (Å²) in [5, 5.41) is 11.4. The number of fused-ring (bicyclic) bond motifs is 2. The van der Waals surface area contributed by atoms with Crippen LogP contribution in [-0.2, 0) is 23.7 Å². The standard InChI is InChI=1S/C31H37N7O2.C28H35N7O.C3H3ClO/c1-6-30(39)33-25-17-26(29(40-5)18-28(25)36(3)15-16-38-14-12-21(2)19-38)35-31-32-13-11-24(34-31)23-20-37(4)27-10-8-7-9-22(23)27;1-19-10-12-35(17-19)14-13-33(2)26-16-27(36-4)24(15-22(26)29)32-28-30-11-9-23(31-28)21-18-34(3)25-8-6-5-7-20(21)25;1-2-3(4)5/h6-11,13,17-18,20-21H,1,12,14-16,19H2,2-5H3,(H,33,39)(H,32,34,35);5-9,11,15-16,18-19H,10,12-14,17,29H2,1-4H3,(H,30,31,32);2H,1H2. The Hall–Kier alpha value is -8.45. The first kappa shape index (κ1) is 58.7. The first-order valence-corrected chi connectivity index (χ1v) is 27.5. The van der Waals surface area contributed by atoms with E-state index in [1.54, 1.807) is 26.6 Å². The van der Waals surface area contributed by atoms with Gasteiger partial charge in [-0.2, -0.15) is 0 Å². The van der Waals surface area contributed by atoms with Gasteiger partial charge in [-0.05, 0) is 97.9 Å². The van der Waals surface area contributed by atoms with Crippen LogP contribution in [0.1, 0.15) is 26.7 Å². The van der Waals surface area contributed by atoms with Crippen LogP contribution in [0.2, 0.25) is 0 Å². The molecule has 2 saturated heterocycles. The number of hydrogen-bond acceptors (Lipinski definition) is 15. The van der Waals surface area contributed by atoms with Crippen molar-refractivity contribution in [1.82, 2.24) is 38.9 Å². The van der Waals surface area contributed by atoms with Crippen molar-refractivity contribution < 1.29 is 19.1 Å². The molecule has 4 aromatic carbocycles. The second-order valence-electron chi connectivity index (χ2n) is 20.7. The van der Waals surface area contributed by atoms with Gasteiger partial charge in [-0.1, -0.05) is 63.4 Å². The number of para-hydroxylation sites is 2. The quantitative estimate of drug-likeness (QED) is 0.0340. The molecule has 2 atom stereocenters. The van der Waals surface area contributed by atoms with Crippen molar-refractivity contribution in [1.29, 1.82) is 0 Å². The molecule has 19 heteroatoms. The fourth-order valence-electron chi connectivity index (χ4n) is 10.4. The minimum Gasteiger partial charge on any atom is -0.494 e. The predicted molar refractivity (Wildman–Crippen MR) is 332 cm³/mol. The number of benzene rings is 4. The van der Waals surface area contributed by atoms with Crippen LogP contribution in [0.4, 0.5) is 46.0 Å². The zero-order valence-electron chi connectivity index (χ0n) is 47.7. The lowest BCUT2D eigenvalue weighted by atomic mass is 10.1. The molecule has 0 radical (unpaired) electrons. The van der Waals surface area contributed by atoms with Crippen molar-refractivity contribution in [2.45, 2.75) is 26.7 Å². The Morgan fingerprint density at radius 3 is 1.59 bits per heavy atom. The number of carbonyl (C=O) groups excluding carboxylic acids is 2. The van der Waals surface area contributed by atoms with E-state index in [1.807, 2.05) is 81.8 Å². The van der Waals surface area contributed by atoms with Crippen molar-refractivity contribution >= 4 is 90.6 Å². The summed E-state index contributed by atoms with van der Waals surface area (Å²) >= 11 is 4.71. The van der Waals surface area contributed by atoms with Gasteiger partial charge < -0.3 is 59.9 Å². The number of anilines is 8. The van der Waals surface area contributed by atoms with Gasteiger partial charge in [0.2, 0.25) is 23.0 Å². The van der Waals surface area contributed by atoms with E-state index in [0.29, 0.717) is 40.5 Å². The van der Waals surface area contributed by atoms with E-state index in [4.69, 9.17) is 36.8 Å². The summed E-state index contributed by atoms with van der Waals surface area (Å²) in [4.78, 5) is 49.7. The van der Waals surface area contributed by atoms with Crippen LogP contribution in [-0.4, -0.2) is 131 Å². The number of amides is 1. The summed E-state index contributed by atoms with van der Waals surface area (Å²) in [5.41, 5.74) is 17.1. The van der Waals surface area contributed by atoms with Crippen molar-refractivity contribution in [2.24, 2.45) is 25.9 Å². The van der Waals surface area contributed by atoms with Gasteiger partial charge in [-0.3, -0.25) is 9.59 Å². The molecule has 6 heterocycles. The van der Waals surface area contributed by atoms with Crippen LogP contribution in [0.15, 0.2) is 135 Å². The zero-order chi connectivity index (χ0) is 57.7. The van der Waals surface area contributed by atoms with Crippen LogP contribution < -0.4 is 41.0 Å². The van der Waals surface area contributed by atoms with Gasteiger partial charge in [-0.25, -0.2) is 19.9 Å². The van der Waals surface area contributed by atoms with Crippen molar-refractivity contribution in [3.05, 3.63) is 135 Å². The SMILES string of the molecule is C=CC(=O)Cl.C=CC(=O)Nc1cc(Nc2nccc(-c3cn(C)c4ccccc34)n2)c(OC)cc1N(C)CCN1CCC(C)C1.COc1cc(N(C)CCN2CCC(C)C2)c(N)cc1Nc1nccc(-c2cn(C)c3ccccc23)n1. The van der Waals surface area contributed by atoms with E-state index in [9.17, 15) is 9.59 Å². The van der Waals surface area contributed by atoms with Gasteiger partial charge in [0.05, 0.1) is 59.7 Å². The lowest BCUT2D eigenvalue weighted by Gasteiger charge is -2.26. The number of nitrogens with one attached hydrogen (secondary N) is 3. The van der Waals surface area contributed by atoms with E-state index in [0.717, 1.165) is 119 Å². The maximum atomic E-state index is 12.4. The maximum Gasteiger partial charge on any atom is 0.247 e. The molecular formula is C62H75ClN14O4. The third kappa shape index (κ3) is 14.7. The molecule has 10 rings (SSSR count). The highest BCUT2D eigenvalue weighted by atomic mass is 35.5. The normalized spacial score (nSPS) is 15.0. The fourth-order valence-corrected chi connectivity index (χ4v) is 10.4. The number of hydrogen-bond donors (Lipinski definition) is 4. The lowest BCUT2D eigenvalue weighted by molar-refractivity contribution is -0.112. The highest BCUT2D eigenvalue weighted by Gasteiger charge is 2.23. The van der Waals surface area contributed by atoms with Gasteiger partial charge in [0.1, 0.15) is 11.5 Å². The monoisotopic (exact) mass is 1110 g/mol. The molecule has 81 heavy (non-hydrogen) atoms. The molecule has 2 aliphatic rings. The molecule has 424 valence electrons. The molecule has 1 amide bonds. The van der Waals surface area contributed by atoms with Crippen molar-refractivity contribution in [3.8, 4) is 34.0 Å². The van der Waals surface area contributed by atoms with E-state index < -0.39 is 5.24 Å². The minimum atomic E-state index is -0.509. The second-order valence-corrected chi connectivity index (χ2v) is 21.1. The number of nitrogens with two attached hydrogens (primary N) is 1. The Labute approximate surface area is 480 Å². The summed E-state index contributed by atoms with van der Waals surface area (Å²) < 4.78 is 15.7. The number of carbonyl (C=O) groups is 2. The van der Waals surface area contributed by atoms with E-state index in [1.165, 1.54) is 32.0 Å². The fraction of sp³-hybridized carbons (Fsp3) is 0.323. The molecule has 8 aromatic rings. The molecule has 2 aliphatic heterocycles. The molecule has 18 nitrogen and oxygen atoms in total. The summed E-state index contributed by atoms with van der Waals surface area (Å²) in [6, 6.07) is 28.1. The summed E-state index contributed by atoms with van der Waals surface area (Å²) in [6.07, 6.45) is 12.5. The topological polar surface area (TPSA) is 189 Å². The van der Waals surface area contributed by atoms with Crippen LogP contribution >= 0.6 is 11.6 Å². The number of likely N-dealkylation sites (N-methyl/N-ethyl adjacent to an activating group) is 2. The first-order valence-electron chi connectivity index (χ1n) is 27.2. The predicted octanol–water partition coefficient (Wildman–Crippen LogP) is 11.0. The molecule has 0 spiro atoms. The number of likely N-dealkylation sites (tertiary alicyclic amines) is 2. The minimum absolute atomic E-state index is 0.284. The van der Waals surface area contributed by atoms with E-state index in [2.05, 4.69) is 125 Å². The summed E-state index contributed by atoms with van der Waals surface area (Å²) in [7, 11) is 11.5. The van der Waals surface area contributed by atoms with Gasteiger partial charge in [0, 0.05) is 137 Å². The Balaban J connectivity index is 0.000000197. The number of halogens is 1. The number of nitrogens with zero attached hydrogens (tertiary/aromatic N) is 10. The zero-order valence-corrected chi connectivity index (χ0v) is 48.5. The highest BCUT2D eigenvalue weighted by molar-refractivity contribution is 6.66. The van der Waals surface area contributed by atoms with Gasteiger partial charge >= 0.3 is 0 Å². The number of allylic oxidation sites excluding steroid dienone is 1. The average Bonchev–Trinajstić information content (AvgIpc) is 4.32. The lowest BCUT2D eigenvalue weighted by Crippen LogP contribution is -2.32. The van der Waals surface area contributed by atoms with Crippen LogP contribution in [0.25, 0.3) is 44.3 Å². The Morgan fingerprint density at radius 1 is 0.691 bits per heavy atom. The molecule has 0 bridgehead atoms. The van der Waals surface area contributed by atoms with Crippen LogP contribution in [0, 0.1) is 11.8 Å². The van der Waals surface area contributed by atoms with E-state index in [-0.39, 0.29) is 5.91 Å². The third-order valence-corrected chi connectivity index (χ3v) is 14.9. The summed E-state index contributed by atoms with van der Waals surface area (Å²) in [6.45, 7) is 19.6. The molecule has 2 unspecified atom stereocenters. The molecule has 5 N–H and O–H groups in total. The van der Waals surface area contributed by atoms with Gasteiger partial charge in [0.15, 0.2) is 0 Å². The largest absolute Gasteiger partial charge is 0.494 e. The molecule has 0 saturated carbocycles. The highest BCUT2D eigenvalue weighted by Crippen LogP contribution is 2.40. The average molecular weight is 1120 g/mol. The number of ether oxygens (including phenoxy) is 2. The molecule has 0 aliphatic carbocycles. The number of methoxy groups -OCH3 is 2. The summed E-state index contributed by atoms with van der Waals surface area (Å²) in [5.74, 6) is 3.46. The maximum absolute atomic E-state index is 12.4. The van der Waals surface area contributed by atoms with Crippen LogP contribution in [0.5, 0.6) is 11.5 Å². The van der Waals surface area contributed by atoms with Crippen molar-refractivity contribution in [2.75, 3.05) is 112 Å². The molecule has 4 aromatic heterocycles. The number of aryl methyl sites for hydroxylation is 2. The smallest absolute Gasteiger partial charge is 0.247 e. The number of rotatable bonds is 19. The molecule has 2 fully saturated rings. The van der Waals surface area contributed by atoms with E-state index >= 15 is 0 Å². The Morgan fingerprint density at radius 2 is 1.15 bits per heavy atom. The third-order valence-electron chi connectivity index (χ3n) is 14.8. The van der Waals surface area contributed by atoms with Crippen molar-refractivity contribution in [3.63, 3.8) is 0 Å². The number of aromatic nitrogens is 6. The first-order chi connectivity index (χ1) is 39.0. The van der Waals surface area contributed by atoms with Crippen LogP contribution in [0.3, 0.4) is 0 Å². The van der Waals surface area contributed by atoms with Gasteiger partial charge in [-0.15, -0.1) is 0 Å². The number of nitrogen functional groups attached to an aromatic ring is 1. The Kier molecular flexibility index (Phi) is 19.7. The molecular weight excluding hydrogens is 1040 g/mol. The second kappa shape index (κ2) is 27.1.